The molecule has 1 aromatic rings. The van der Waals surface area contributed by atoms with Crippen molar-refractivity contribution in [1.29, 1.82) is 0 Å². The average molecular weight is 331 g/mol. The number of hydrogen-bond acceptors (Lipinski definition) is 4. The Balaban J connectivity index is 1.71. The van der Waals surface area contributed by atoms with Crippen LogP contribution in [0, 0.1) is 0 Å². The third-order valence-electron chi connectivity index (χ3n) is 5.40. The summed E-state index contributed by atoms with van der Waals surface area (Å²) in [6.07, 6.45) is 11.8. The maximum absolute atomic E-state index is 13.2. The van der Waals surface area contributed by atoms with Gasteiger partial charge in [0.2, 0.25) is 5.91 Å². The molecule has 1 aliphatic carbocycles. The smallest absolute Gasteiger partial charge is 0.240 e. The molecule has 1 atom stereocenters. The van der Waals surface area contributed by atoms with Crippen LogP contribution >= 0.6 is 0 Å². The molecule has 5 heteroatoms. The molecule has 1 saturated heterocycles. The maximum Gasteiger partial charge on any atom is 0.240 e. The molecule has 3 rings (SSSR count). The molecule has 1 aliphatic heterocycles. The summed E-state index contributed by atoms with van der Waals surface area (Å²) in [5, 5.41) is 9.42. The average Bonchev–Trinajstić information content (AvgIpc) is 3.16. The van der Waals surface area contributed by atoms with Gasteiger partial charge in [-0.1, -0.05) is 25.3 Å². The highest BCUT2D eigenvalue weighted by Crippen LogP contribution is 2.30. The molecule has 0 spiro atoms. The third-order valence-corrected chi connectivity index (χ3v) is 5.40. The zero-order valence-electron chi connectivity index (χ0n) is 14.4. The minimum Gasteiger partial charge on any atom is -0.395 e. The zero-order valence-corrected chi connectivity index (χ0v) is 14.4. The molecular formula is C19H29N3O2. The largest absolute Gasteiger partial charge is 0.395 e. The normalized spacial score (nSPS) is 22.6. The lowest BCUT2D eigenvalue weighted by atomic mass is 9.97. The van der Waals surface area contributed by atoms with Crippen LogP contribution in [0.25, 0.3) is 0 Å². The van der Waals surface area contributed by atoms with Crippen LogP contribution in [0.1, 0.15) is 50.5 Å². The number of pyridine rings is 1. The number of aromatic nitrogens is 1. The van der Waals surface area contributed by atoms with Gasteiger partial charge in [0.15, 0.2) is 0 Å². The lowest BCUT2D eigenvalue weighted by Gasteiger charge is -2.41. The van der Waals surface area contributed by atoms with Crippen LogP contribution in [0.15, 0.2) is 24.5 Å². The fourth-order valence-electron chi connectivity index (χ4n) is 4.20. The van der Waals surface area contributed by atoms with Crippen LogP contribution in [0.4, 0.5) is 0 Å². The van der Waals surface area contributed by atoms with Gasteiger partial charge in [-0.25, -0.2) is 0 Å². The first-order chi connectivity index (χ1) is 11.8. The first kappa shape index (κ1) is 17.4. The summed E-state index contributed by atoms with van der Waals surface area (Å²) >= 11 is 0. The van der Waals surface area contributed by atoms with Gasteiger partial charge in [-0.15, -0.1) is 0 Å². The molecule has 2 aliphatic rings. The number of piperidine rings is 1. The maximum atomic E-state index is 13.2. The van der Waals surface area contributed by atoms with Crippen LogP contribution in [-0.2, 0) is 11.3 Å². The van der Waals surface area contributed by atoms with Crippen molar-refractivity contribution in [2.45, 2.75) is 63.6 Å². The van der Waals surface area contributed by atoms with Gasteiger partial charge in [0.25, 0.3) is 0 Å². The van der Waals surface area contributed by atoms with E-state index in [1.54, 1.807) is 12.4 Å². The predicted molar refractivity (Wildman–Crippen MR) is 93.3 cm³/mol. The number of carbonyl (C=O) groups is 1. The van der Waals surface area contributed by atoms with Crippen LogP contribution in [0.2, 0.25) is 0 Å². The van der Waals surface area contributed by atoms with Crippen LogP contribution in [-0.4, -0.2) is 57.6 Å². The highest BCUT2D eigenvalue weighted by atomic mass is 16.3. The molecule has 1 N–H and O–H groups in total. The Bertz CT molecular complexity index is 517. The fraction of sp³-hybridized carbons (Fsp3) is 0.684. The number of amides is 1. The van der Waals surface area contributed by atoms with Gasteiger partial charge in [-0.3, -0.25) is 14.7 Å². The number of rotatable bonds is 6. The van der Waals surface area contributed by atoms with Crippen molar-refractivity contribution in [1.82, 2.24) is 14.8 Å². The lowest BCUT2D eigenvalue weighted by Crippen LogP contribution is -2.54. The fourth-order valence-corrected chi connectivity index (χ4v) is 4.20. The summed E-state index contributed by atoms with van der Waals surface area (Å²) < 4.78 is 0. The summed E-state index contributed by atoms with van der Waals surface area (Å²) in [6.45, 7) is 1.97. The quantitative estimate of drug-likeness (QED) is 0.868. The van der Waals surface area contributed by atoms with Crippen molar-refractivity contribution in [3.05, 3.63) is 30.1 Å². The molecule has 2 fully saturated rings. The molecule has 0 radical (unpaired) electrons. The summed E-state index contributed by atoms with van der Waals surface area (Å²) in [7, 11) is 0. The number of nitrogens with zero attached hydrogens (tertiary/aromatic N) is 3. The lowest BCUT2D eigenvalue weighted by molar-refractivity contribution is -0.140. The Morgan fingerprint density at radius 2 is 2.04 bits per heavy atom. The van der Waals surface area contributed by atoms with Gasteiger partial charge in [0, 0.05) is 31.5 Å². The molecule has 1 amide bonds. The standard InChI is InChI=1S/C19H29N3O2/c23-13-12-21(15-16-6-5-10-20-14-16)19(24)18-9-3-4-11-22(18)17-7-1-2-8-17/h5-6,10,14,17-18,23H,1-4,7-9,11-13,15H2. The third kappa shape index (κ3) is 4.14. The summed E-state index contributed by atoms with van der Waals surface area (Å²) in [6, 6.07) is 4.45. The van der Waals surface area contributed by atoms with Gasteiger partial charge < -0.3 is 10.0 Å². The highest BCUT2D eigenvalue weighted by molar-refractivity contribution is 5.82. The molecule has 1 saturated carbocycles. The number of aliphatic hydroxyl groups excluding tert-OH is 1. The van der Waals surface area contributed by atoms with Crippen molar-refractivity contribution in [3.63, 3.8) is 0 Å². The first-order valence-electron chi connectivity index (χ1n) is 9.34. The molecule has 0 aromatic carbocycles. The molecule has 24 heavy (non-hydrogen) atoms. The van der Waals surface area contributed by atoms with Crippen molar-refractivity contribution in [2.75, 3.05) is 19.7 Å². The number of hydrogen-bond donors (Lipinski definition) is 1. The van der Waals surface area contributed by atoms with Gasteiger partial charge in [0.1, 0.15) is 0 Å². The Kier molecular flexibility index (Phi) is 6.21. The van der Waals surface area contributed by atoms with Gasteiger partial charge in [-0.2, -0.15) is 0 Å². The monoisotopic (exact) mass is 331 g/mol. The van der Waals surface area contributed by atoms with E-state index >= 15 is 0 Å². The number of carbonyl (C=O) groups excluding carboxylic acids is 1. The SMILES string of the molecule is O=C(C1CCCCN1C1CCCC1)N(CCO)Cc1cccnc1. The van der Waals surface area contributed by atoms with E-state index < -0.39 is 0 Å². The molecule has 2 heterocycles. The Morgan fingerprint density at radius 1 is 1.25 bits per heavy atom. The van der Waals surface area contributed by atoms with E-state index in [0.29, 0.717) is 19.1 Å². The molecule has 1 aromatic heterocycles. The Morgan fingerprint density at radius 3 is 2.75 bits per heavy atom. The van der Waals surface area contributed by atoms with Crippen LogP contribution < -0.4 is 0 Å². The van der Waals surface area contributed by atoms with E-state index in [4.69, 9.17) is 0 Å². The highest BCUT2D eigenvalue weighted by Gasteiger charge is 2.36. The molecule has 1 unspecified atom stereocenters. The van der Waals surface area contributed by atoms with E-state index in [9.17, 15) is 9.90 Å². The van der Waals surface area contributed by atoms with Crippen LogP contribution in [0.3, 0.4) is 0 Å². The van der Waals surface area contributed by atoms with Crippen molar-refractivity contribution in [2.24, 2.45) is 0 Å². The second kappa shape index (κ2) is 8.58. The van der Waals surface area contributed by atoms with E-state index in [1.807, 2.05) is 17.0 Å². The summed E-state index contributed by atoms with van der Waals surface area (Å²) in [5.74, 6) is 0.180. The van der Waals surface area contributed by atoms with E-state index in [2.05, 4.69) is 9.88 Å². The minimum atomic E-state index is -0.00919. The predicted octanol–water partition coefficient (Wildman–Crippen LogP) is 2.20. The molecule has 5 nitrogen and oxygen atoms in total. The Labute approximate surface area is 144 Å². The molecule has 0 bridgehead atoms. The minimum absolute atomic E-state index is 0.00213. The second-order valence-electron chi connectivity index (χ2n) is 7.03. The number of aliphatic hydroxyl groups is 1. The topological polar surface area (TPSA) is 56.7 Å². The molecule has 132 valence electrons. The molecular weight excluding hydrogens is 302 g/mol. The van der Waals surface area contributed by atoms with Gasteiger partial charge >= 0.3 is 0 Å². The van der Waals surface area contributed by atoms with E-state index in [1.165, 1.54) is 32.1 Å². The van der Waals surface area contributed by atoms with E-state index in [-0.39, 0.29) is 18.6 Å². The number of likely N-dealkylation sites (tertiary alicyclic amines) is 1. The van der Waals surface area contributed by atoms with Crippen LogP contribution in [0.5, 0.6) is 0 Å². The zero-order chi connectivity index (χ0) is 16.8. The van der Waals surface area contributed by atoms with Gasteiger partial charge in [0.05, 0.1) is 12.6 Å². The van der Waals surface area contributed by atoms with Crippen molar-refractivity contribution >= 4 is 5.91 Å². The van der Waals surface area contributed by atoms with Crippen molar-refractivity contribution in [3.8, 4) is 0 Å². The Hall–Kier alpha value is -1.46. The second-order valence-corrected chi connectivity index (χ2v) is 7.03. The van der Waals surface area contributed by atoms with E-state index in [0.717, 1.165) is 24.9 Å². The first-order valence-corrected chi connectivity index (χ1v) is 9.34. The van der Waals surface area contributed by atoms with Gasteiger partial charge in [-0.05, 0) is 43.9 Å². The van der Waals surface area contributed by atoms with Crippen molar-refractivity contribution < 1.29 is 9.90 Å². The summed E-state index contributed by atoms with van der Waals surface area (Å²) in [5.41, 5.74) is 1.02. The summed E-state index contributed by atoms with van der Waals surface area (Å²) in [4.78, 5) is 21.6.